The Morgan fingerprint density at radius 2 is 2.14 bits per heavy atom. The Bertz CT molecular complexity index is 525. The highest BCUT2D eigenvalue weighted by molar-refractivity contribution is 5.82. The summed E-state index contributed by atoms with van der Waals surface area (Å²) in [5.74, 6) is 0. The first-order valence-electron chi connectivity index (χ1n) is 4.25. The van der Waals surface area contributed by atoms with Crippen LogP contribution in [-0.2, 0) is 11.2 Å². The fourth-order valence-electron chi connectivity index (χ4n) is 1.39. The summed E-state index contributed by atoms with van der Waals surface area (Å²) >= 11 is 0. The van der Waals surface area contributed by atoms with Crippen LogP contribution in [0.1, 0.15) is 5.56 Å². The average Bonchev–Trinajstić information content (AvgIpc) is 2.18. The molecule has 3 nitrogen and oxygen atoms in total. The molecule has 2 rings (SSSR count). The first-order chi connectivity index (χ1) is 6.81. The summed E-state index contributed by atoms with van der Waals surface area (Å²) in [5, 5.41) is 1.35. The van der Waals surface area contributed by atoms with Crippen LogP contribution in [0.5, 0.6) is 0 Å². The first kappa shape index (κ1) is 8.69. The van der Waals surface area contributed by atoms with Crippen molar-refractivity contribution in [3.05, 3.63) is 46.5 Å². The maximum absolute atomic E-state index is 11.2. The number of rotatable bonds is 2. The predicted octanol–water partition coefficient (Wildman–Crippen LogP) is 1.53. The smallest absolute Gasteiger partial charge is 0.343 e. The normalized spacial score (nSPS) is 10.3. The second-order valence-corrected chi connectivity index (χ2v) is 3.00. The number of hydrogen-bond acceptors (Lipinski definition) is 3. The van der Waals surface area contributed by atoms with Crippen molar-refractivity contribution in [2.75, 3.05) is 0 Å². The predicted molar refractivity (Wildman–Crippen MR) is 52.3 cm³/mol. The van der Waals surface area contributed by atoms with Crippen molar-refractivity contribution in [3.8, 4) is 0 Å². The molecule has 14 heavy (non-hydrogen) atoms. The zero-order valence-electron chi connectivity index (χ0n) is 7.40. The lowest BCUT2D eigenvalue weighted by molar-refractivity contribution is -0.107. The van der Waals surface area contributed by atoms with E-state index in [-0.39, 0.29) is 5.63 Å². The number of carbonyl (C=O) groups excluding carboxylic acids is 1. The van der Waals surface area contributed by atoms with E-state index in [9.17, 15) is 9.59 Å². The largest absolute Gasteiger partial charge is 0.431 e. The molecule has 0 atom stereocenters. The summed E-state index contributed by atoms with van der Waals surface area (Å²) < 4.78 is 4.72. The highest BCUT2D eigenvalue weighted by Crippen LogP contribution is 2.12. The summed E-state index contributed by atoms with van der Waals surface area (Å²) in [6.07, 6.45) is 2.57. The number of hydrogen-bond donors (Lipinski definition) is 0. The minimum absolute atomic E-state index is 0.347. The maximum Gasteiger partial charge on any atom is 0.343 e. The fraction of sp³-hybridized carbons (Fsp3) is 0.0909. The summed E-state index contributed by atoms with van der Waals surface area (Å²) in [6, 6.07) is 6.97. The molecule has 0 saturated heterocycles. The number of fused-ring (bicyclic) bond motifs is 1. The molecule has 0 bridgehead atoms. The van der Waals surface area contributed by atoms with Gasteiger partial charge in [0.15, 0.2) is 0 Å². The van der Waals surface area contributed by atoms with Crippen LogP contribution in [0.4, 0.5) is 0 Å². The number of benzene rings is 1. The summed E-state index contributed by atoms with van der Waals surface area (Å²) in [7, 11) is 0. The lowest BCUT2D eigenvalue weighted by Crippen LogP contribution is -1.98. The van der Waals surface area contributed by atoms with Crippen molar-refractivity contribution in [3.63, 3.8) is 0 Å². The molecule has 0 aliphatic carbocycles. The van der Waals surface area contributed by atoms with Crippen LogP contribution in [0.25, 0.3) is 10.8 Å². The van der Waals surface area contributed by atoms with Crippen molar-refractivity contribution < 1.29 is 9.21 Å². The van der Waals surface area contributed by atoms with Crippen LogP contribution in [0.3, 0.4) is 0 Å². The van der Waals surface area contributed by atoms with Crippen LogP contribution in [-0.4, -0.2) is 6.29 Å². The van der Waals surface area contributed by atoms with Gasteiger partial charge in [-0.3, -0.25) is 0 Å². The molecule has 0 aliphatic rings. The van der Waals surface area contributed by atoms with E-state index in [2.05, 4.69) is 0 Å². The molecule has 2 aromatic rings. The van der Waals surface area contributed by atoms with Gasteiger partial charge in [0.1, 0.15) is 6.29 Å². The highest BCUT2D eigenvalue weighted by atomic mass is 16.4. The fourth-order valence-corrected chi connectivity index (χ4v) is 1.39. The van der Waals surface area contributed by atoms with Crippen molar-refractivity contribution in [2.24, 2.45) is 0 Å². The summed E-state index contributed by atoms with van der Waals surface area (Å²) in [5.41, 5.74) is 0.554. The third kappa shape index (κ3) is 1.44. The van der Waals surface area contributed by atoms with Gasteiger partial charge in [0.2, 0.25) is 0 Å². The molecule has 1 aromatic heterocycles. The standard InChI is InChI=1S/C11H8O3/c12-5-3-8-1-2-10-9(7-8)4-6-14-11(10)13/h1-2,4-7H,3H2. The van der Waals surface area contributed by atoms with E-state index in [0.717, 1.165) is 17.2 Å². The molecule has 0 unspecified atom stereocenters. The SMILES string of the molecule is O=CCc1ccc2c(=O)occc2c1. The molecule has 0 spiro atoms. The van der Waals surface area contributed by atoms with Crippen molar-refractivity contribution in [1.82, 2.24) is 0 Å². The lowest BCUT2D eigenvalue weighted by Gasteiger charge is -1.97. The molecule has 0 saturated carbocycles. The quantitative estimate of drug-likeness (QED) is 0.671. The van der Waals surface area contributed by atoms with Crippen molar-refractivity contribution >= 4 is 17.1 Å². The minimum Gasteiger partial charge on any atom is -0.431 e. The molecule has 0 radical (unpaired) electrons. The third-order valence-electron chi connectivity index (χ3n) is 2.08. The van der Waals surface area contributed by atoms with E-state index in [1.807, 2.05) is 6.07 Å². The summed E-state index contributed by atoms with van der Waals surface area (Å²) in [6.45, 7) is 0. The van der Waals surface area contributed by atoms with Gasteiger partial charge in [-0.2, -0.15) is 0 Å². The molecular weight excluding hydrogens is 180 g/mol. The maximum atomic E-state index is 11.2. The third-order valence-corrected chi connectivity index (χ3v) is 2.08. The van der Waals surface area contributed by atoms with Crippen LogP contribution >= 0.6 is 0 Å². The van der Waals surface area contributed by atoms with E-state index < -0.39 is 0 Å². The Balaban J connectivity index is 2.67. The Hall–Kier alpha value is -1.90. The van der Waals surface area contributed by atoms with E-state index in [1.54, 1.807) is 18.2 Å². The Morgan fingerprint density at radius 3 is 2.93 bits per heavy atom. The number of carbonyl (C=O) groups is 1. The average molecular weight is 188 g/mol. The second-order valence-electron chi connectivity index (χ2n) is 3.00. The van der Waals surface area contributed by atoms with Gasteiger partial charge in [-0.1, -0.05) is 12.1 Å². The molecule has 0 amide bonds. The van der Waals surface area contributed by atoms with Crippen molar-refractivity contribution in [1.29, 1.82) is 0 Å². The van der Waals surface area contributed by atoms with Gasteiger partial charge in [0, 0.05) is 6.42 Å². The van der Waals surface area contributed by atoms with Gasteiger partial charge in [-0.05, 0) is 23.1 Å². The molecule has 1 aromatic carbocycles. The van der Waals surface area contributed by atoms with E-state index in [4.69, 9.17) is 4.42 Å². The highest BCUT2D eigenvalue weighted by Gasteiger charge is 2.00. The number of aldehydes is 1. The van der Waals surface area contributed by atoms with Gasteiger partial charge in [0.25, 0.3) is 0 Å². The topological polar surface area (TPSA) is 47.3 Å². The zero-order chi connectivity index (χ0) is 9.97. The molecule has 0 N–H and O–H groups in total. The molecule has 0 aliphatic heterocycles. The second kappa shape index (κ2) is 3.46. The van der Waals surface area contributed by atoms with Crippen LogP contribution in [0.15, 0.2) is 39.7 Å². The van der Waals surface area contributed by atoms with Gasteiger partial charge in [-0.25, -0.2) is 4.79 Å². The molecular formula is C11H8O3. The molecule has 3 heteroatoms. The monoisotopic (exact) mass is 188 g/mol. The Labute approximate surface area is 80.0 Å². The minimum atomic E-state index is -0.347. The lowest BCUT2D eigenvalue weighted by atomic mass is 10.1. The summed E-state index contributed by atoms with van der Waals surface area (Å²) in [4.78, 5) is 21.5. The zero-order valence-corrected chi connectivity index (χ0v) is 7.40. The molecule has 1 heterocycles. The van der Waals surface area contributed by atoms with E-state index >= 15 is 0 Å². The van der Waals surface area contributed by atoms with E-state index in [0.29, 0.717) is 11.8 Å². The van der Waals surface area contributed by atoms with Gasteiger partial charge in [-0.15, -0.1) is 0 Å². The Morgan fingerprint density at radius 1 is 1.29 bits per heavy atom. The molecule has 70 valence electrons. The van der Waals surface area contributed by atoms with Crippen LogP contribution in [0.2, 0.25) is 0 Å². The Kier molecular flexibility index (Phi) is 2.14. The van der Waals surface area contributed by atoms with Gasteiger partial charge in [0.05, 0.1) is 11.6 Å². The van der Waals surface area contributed by atoms with Crippen LogP contribution < -0.4 is 5.63 Å². The molecule has 0 fully saturated rings. The van der Waals surface area contributed by atoms with Gasteiger partial charge < -0.3 is 9.21 Å². The van der Waals surface area contributed by atoms with Crippen molar-refractivity contribution in [2.45, 2.75) is 6.42 Å². The van der Waals surface area contributed by atoms with E-state index in [1.165, 1.54) is 6.26 Å². The first-order valence-corrected chi connectivity index (χ1v) is 4.25. The van der Waals surface area contributed by atoms with Crippen LogP contribution in [0, 0.1) is 0 Å². The van der Waals surface area contributed by atoms with Gasteiger partial charge >= 0.3 is 5.63 Å².